The standard InChI is InChI=1S/C32H32F3NO4.HI/c1-3-4-5-6-11-38-32-24-17-36-10-9-20-15-28-29(40-18-39-28)16-22(20)31(36)23(21(24)7-8-27(32)37-2)12-19-13-25(33)30(35)26(34)14-19;/h7-8,13-17,32H,3-6,9-12,18H2,1-2H3;1H. The molecule has 2 aromatic rings. The summed E-state index contributed by atoms with van der Waals surface area (Å²) < 4.78 is 65.9. The van der Waals surface area contributed by atoms with Crippen LogP contribution in [0.3, 0.4) is 0 Å². The van der Waals surface area contributed by atoms with Gasteiger partial charge in [0, 0.05) is 36.2 Å². The van der Waals surface area contributed by atoms with E-state index in [-0.39, 0.29) is 37.2 Å². The highest BCUT2D eigenvalue weighted by Crippen LogP contribution is 2.43. The van der Waals surface area contributed by atoms with Crippen LogP contribution < -0.4 is 38.4 Å². The molecule has 0 saturated heterocycles. The van der Waals surface area contributed by atoms with Crippen molar-refractivity contribution in [2.75, 3.05) is 27.1 Å². The summed E-state index contributed by atoms with van der Waals surface area (Å²) in [5.74, 6) is -1.75. The van der Waals surface area contributed by atoms with Gasteiger partial charge in [0.25, 0.3) is 0 Å². The number of benzene rings is 2. The van der Waals surface area contributed by atoms with Crippen molar-refractivity contribution in [2.24, 2.45) is 0 Å². The van der Waals surface area contributed by atoms with Crippen LogP contribution >= 0.6 is 0 Å². The Morgan fingerprint density at radius 2 is 1.73 bits per heavy atom. The second-order valence-electron chi connectivity index (χ2n) is 10.6. The average molecular weight is 680 g/mol. The lowest BCUT2D eigenvalue weighted by Crippen LogP contribution is -3.06. The molecule has 0 radical (unpaired) electrons. The predicted octanol–water partition coefficient (Wildman–Crippen LogP) is 2.56. The van der Waals surface area contributed by atoms with E-state index in [1.807, 2.05) is 24.3 Å². The first-order valence-corrected chi connectivity index (χ1v) is 13.9. The maximum atomic E-state index is 14.3. The molecule has 6 rings (SSSR count). The van der Waals surface area contributed by atoms with E-state index in [1.165, 1.54) is 0 Å². The van der Waals surface area contributed by atoms with Crippen LogP contribution in [0.15, 0.2) is 65.1 Å². The molecule has 4 aliphatic rings. The van der Waals surface area contributed by atoms with Crippen molar-refractivity contribution < 1.29 is 61.0 Å². The molecule has 2 aromatic carbocycles. The number of hydrogen-bond acceptors (Lipinski definition) is 4. The molecule has 0 fully saturated rings. The Bertz CT molecular complexity index is 1440. The van der Waals surface area contributed by atoms with Gasteiger partial charge in [-0.05, 0) is 53.5 Å². The van der Waals surface area contributed by atoms with E-state index < -0.39 is 23.6 Å². The summed E-state index contributed by atoms with van der Waals surface area (Å²) in [6, 6.07) is 6.18. The molecule has 9 heteroatoms. The summed E-state index contributed by atoms with van der Waals surface area (Å²) in [4.78, 5) is 1.12. The summed E-state index contributed by atoms with van der Waals surface area (Å²) in [6.45, 7) is 3.72. The average Bonchev–Trinajstić information content (AvgIpc) is 3.41. The molecule has 2 atom stereocenters. The fourth-order valence-corrected chi connectivity index (χ4v) is 6.06. The van der Waals surface area contributed by atoms with Crippen LogP contribution in [0.5, 0.6) is 11.5 Å². The third kappa shape index (κ3) is 5.68. The molecule has 218 valence electrons. The lowest BCUT2D eigenvalue weighted by Gasteiger charge is -2.36. The third-order valence-corrected chi connectivity index (χ3v) is 8.02. The van der Waals surface area contributed by atoms with Crippen LogP contribution in [0.4, 0.5) is 13.2 Å². The van der Waals surface area contributed by atoms with Crippen molar-refractivity contribution in [3.63, 3.8) is 0 Å². The van der Waals surface area contributed by atoms with Gasteiger partial charge in [-0.15, -0.1) is 0 Å². The van der Waals surface area contributed by atoms with E-state index in [1.54, 1.807) is 7.11 Å². The lowest BCUT2D eigenvalue weighted by molar-refractivity contribution is -0.771. The van der Waals surface area contributed by atoms with Crippen LogP contribution in [0.2, 0.25) is 0 Å². The number of methoxy groups -OCH3 is 1. The molecule has 0 spiro atoms. The molecule has 3 aliphatic heterocycles. The largest absolute Gasteiger partial charge is 1.00 e. The topological polar surface area (TPSA) is 41.4 Å². The first kappa shape index (κ1) is 29.7. The number of nitrogens with one attached hydrogen (secondary N) is 1. The maximum absolute atomic E-state index is 14.3. The molecule has 5 nitrogen and oxygen atoms in total. The highest BCUT2D eigenvalue weighted by Gasteiger charge is 2.40. The van der Waals surface area contributed by atoms with Gasteiger partial charge in [0.15, 0.2) is 29.0 Å². The zero-order valence-electron chi connectivity index (χ0n) is 23.1. The Morgan fingerprint density at radius 1 is 0.976 bits per heavy atom. The van der Waals surface area contributed by atoms with Crippen LogP contribution in [-0.4, -0.2) is 33.2 Å². The normalized spacial score (nSPS) is 20.3. The van der Waals surface area contributed by atoms with Gasteiger partial charge in [0.2, 0.25) is 6.79 Å². The molecule has 41 heavy (non-hydrogen) atoms. The molecule has 3 heterocycles. The molecular weight excluding hydrogens is 646 g/mol. The van der Waals surface area contributed by atoms with Crippen LogP contribution in [0, 0.1) is 17.5 Å². The Balaban J connectivity index is 0.00000337. The van der Waals surface area contributed by atoms with Gasteiger partial charge in [0.05, 0.1) is 13.7 Å². The summed E-state index contributed by atoms with van der Waals surface area (Å²) in [7, 11) is 1.64. The van der Waals surface area contributed by atoms with Crippen LogP contribution in [-0.2, 0) is 22.3 Å². The number of allylic oxidation sites excluding steroid dienone is 3. The number of halogens is 4. The number of hydrogen-bond donors (Lipinski definition) is 1. The molecule has 2 unspecified atom stereocenters. The van der Waals surface area contributed by atoms with Crippen molar-refractivity contribution in [3.05, 3.63) is 99.2 Å². The van der Waals surface area contributed by atoms with Gasteiger partial charge in [-0.25, -0.2) is 13.2 Å². The van der Waals surface area contributed by atoms with Gasteiger partial charge in [-0.2, -0.15) is 0 Å². The Kier molecular flexibility index (Phi) is 9.15. The minimum Gasteiger partial charge on any atom is -1.00 e. The first-order chi connectivity index (χ1) is 19.5. The third-order valence-electron chi connectivity index (χ3n) is 8.02. The van der Waals surface area contributed by atoms with Gasteiger partial charge in [-0.3, -0.25) is 4.90 Å². The summed E-state index contributed by atoms with van der Waals surface area (Å²) >= 11 is 0. The maximum Gasteiger partial charge on any atom is 0.231 e. The number of ether oxygens (including phenoxy) is 4. The van der Waals surface area contributed by atoms with Gasteiger partial charge < -0.3 is 42.9 Å². The fourth-order valence-electron chi connectivity index (χ4n) is 6.06. The first-order valence-electron chi connectivity index (χ1n) is 13.9. The number of quaternary nitrogens is 1. The molecule has 0 saturated carbocycles. The van der Waals surface area contributed by atoms with Crippen molar-refractivity contribution in [3.8, 4) is 11.5 Å². The van der Waals surface area contributed by atoms with Crippen molar-refractivity contribution in [1.29, 1.82) is 0 Å². The monoisotopic (exact) mass is 679 g/mol. The number of fused-ring (bicyclic) bond motifs is 5. The highest BCUT2D eigenvalue weighted by molar-refractivity contribution is 5.77. The lowest BCUT2D eigenvalue weighted by atomic mass is 9.79. The Morgan fingerprint density at radius 3 is 2.46 bits per heavy atom. The number of unbranched alkanes of at least 4 members (excludes halogenated alkanes) is 3. The fraction of sp³-hybridized carbons (Fsp3) is 0.375. The smallest absolute Gasteiger partial charge is 0.231 e. The van der Waals surface area contributed by atoms with E-state index >= 15 is 0 Å². The molecular formula is C32H33F3INO4. The van der Waals surface area contributed by atoms with E-state index in [9.17, 15) is 13.2 Å². The molecule has 1 N–H and O–H groups in total. The second-order valence-corrected chi connectivity index (χ2v) is 10.6. The zero-order chi connectivity index (χ0) is 27.8. The Hall–Kier alpha value is -2.76. The van der Waals surface area contributed by atoms with Gasteiger partial charge in [0.1, 0.15) is 23.8 Å². The molecule has 1 aliphatic carbocycles. The van der Waals surface area contributed by atoms with Gasteiger partial charge >= 0.3 is 0 Å². The molecule has 0 aromatic heterocycles. The second kappa shape index (κ2) is 12.6. The minimum atomic E-state index is -1.46. The summed E-state index contributed by atoms with van der Waals surface area (Å²) in [5.41, 5.74) is 6.30. The summed E-state index contributed by atoms with van der Waals surface area (Å²) in [5, 5.41) is 0. The quantitative estimate of drug-likeness (QED) is 0.252. The molecule has 0 amide bonds. The predicted molar refractivity (Wildman–Crippen MR) is 144 cm³/mol. The molecule has 0 bridgehead atoms. The van der Waals surface area contributed by atoms with Crippen LogP contribution in [0.1, 0.15) is 49.3 Å². The Labute approximate surface area is 255 Å². The SMILES string of the molecule is CCCCCCOC1C(OC)=CC=C2C1=C[NH+]1CCc3cc4c(cc3C1=C2Cc1cc(F)c(F)c(F)c1)OCO4.[I-]. The van der Waals surface area contributed by atoms with E-state index in [0.29, 0.717) is 23.7 Å². The van der Waals surface area contributed by atoms with E-state index in [4.69, 9.17) is 18.9 Å². The van der Waals surface area contributed by atoms with Crippen LogP contribution in [0.25, 0.3) is 5.70 Å². The van der Waals surface area contributed by atoms with Crippen molar-refractivity contribution in [2.45, 2.75) is 51.6 Å². The zero-order valence-corrected chi connectivity index (χ0v) is 25.3. The van der Waals surface area contributed by atoms with E-state index in [0.717, 1.165) is 95.0 Å². The van der Waals surface area contributed by atoms with Crippen molar-refractivity contribution in [1.82, 2.24) is 0 Å². The van der Waals surface area contributed by atoms with Crippen molar-refractivity contribution >= 4 is 5.70 Å². The number of rotatable bonds is 9. The highest BCUT2D eigenvalue weighted by atomic mass is 127. The van der Waals surface area contributed by atoms with E-state index in [2.05, 4.69) is 13.1 Å². The minimum absolute atomic E-state index is 0. The van der Waals surface area contributed by atoms with Gasteiger partial charge in [-0.1, -0.05) is 32.3 Å². The summed E-state index contributed by atoms with van der Waals surface area (Å²) in [6.07, 6.45) is 11.1.